The lowest BCUT2D eigenvalue weighted by molar-refractivity contribution is -0.133. The Balaban J connectivity index is 1.93. The topological polar surface area (TPSA) is 57.7 Å². The predicted octanol–water partition coefficient (Wildman–Crippen LogP) is 5.89. The number of ether oxygens (including phenoxy) is 3. The zero-order chi connectivity index (χ0) is 20.8. The van der Waals surface area contributed by atoms with E-state index < -0.39 is 0 Å². The van der Waals surface area contributed by atoms with Gasteiger partial charge in [0.1, 0.15) is 5.52 Å². The minimum Gasteiger partial charge on any atom is -0.493 e. The first-order valence-electron chi connectivity index (χ1n) is 9.34. The molecule has 0 aliphatic heterocycles. The lowest BCUT2D eigenvalue weighted by atomic mass is 10.1. The van der Waals surface area contributed by atoms with Crippen LogP contribution in [0.25, 0.3) is 23.1 Å². The highest BCUT2D eigenvalue weighted by molar-refractivity contribution is 9.10. The minimum absolute atomic E-state index is 0.286. The number of esters is 1. The minimum atomic E-state index is -0.286. The van der Waals surface area contributed by atoms with Gasteiger partial charge in [-0.25, -0.2) is 4.98 Å². The summed E-state index contributed by atoms with van der Waals surface area (Å²) in [5, 5.41) is 0.911. The second-order valence-corrected chi connectivity index (χ2v) is 7.05. The number of aromatic nitrogens is 1. The van der Waals surface area contributed by atoms with Crippen molar-refractivity contribution in [3.8, 4) is 17.2 Å². The number of pyridine rings is 1. The number of methoxy groups -OCH3 is 1. The number of benzene rings is 2. The van der Waals surface area contributed by atoms with E-state index >= 15 is 0 Å². The van der Waals surface area contributed by atoms with Crippen molar-refractivity contribution >= 4 is 45.0 Å². The number of halogens is 1. The molecule has 1 aromatic heterocycles. The molecule has 0 saturated carbocycles. The number of hydrogen-bond donors (Lipinski definition) is 0. The molecule has 2 aromatic carbocycles. The second-order valence-electron chi connectivity index (χ2n) is 6.19. The Morgan fingerprint density at radius 2 is 1.93 bits per heavy atom. The third-order valence-corrected chi connectivity index (χ3v) is 4.79. The van der Waals surface area contributed by atoms with Crippen molar-refractivity contribution in [3.05, 3.63) is 58.2 Å². The number of carbonyl (C=O) groups excluding carboxylic acids is 1. The standard InChI is InChI=1S/C23H22BrNO4/c1-4-21(26)29-19-8-6-7-16-10-12-17(25-22(16)19)11-9-15-13-18(24)23(28-5-2)20(14-15)27-3/h6-14H,4-5H2,1-3H3/b11-9+. The first kappa shape index (κ1) is 20.9. The van der Waals surface area contributed by atoms with Gasteiger partial charge in [0.2, 0.25) is 0 Å². The van der Waals surface area contributed by atoms with Crippen molar-refractivity contribution in [1.82, 2.24) is 4.98 Å². The molecular formula is C23H22BrNO4. The molecule has 0 radical (unpaired) electrons. The van der Waals surface area contributed by atoms with Gasteiger partial charge in [-0.05, 0) is 58.8 Å². The monoisotopic (exact) mass is 455 g/mol. The predicted molar refractivity (Wildman–Crippen MR) is 118 cm³/mol. The zero-order valence-electron chi connectivity index (χ0n) is 16.6. The van der Waals surface area contributed by atoms with E-state index in [9.17, 15) is 4.79 Å². The Bertz CT molecular complexity index is 1060. The Hall–Kier alpha value is -2.86. The summed E-state index contributed by atoms with van der Waals surface area (Å²) >= 11 is 3.53. The third-order valence-electron chi connectivity index (χ3n) is 4.20. The summed E-state index contributed by atoms with van der Waals surface area (Å²) < 4.78 is 17.3. The molecule has 0 atom stereocenters. The number of fused-ring (bicyclic) bond motifs is 1. The van der Waals surface area contributed by atoms with Crippen LogP contribution in [0.1, 0.15) is 31.5 Å². The summed E-state index contributed by atoms with van der Waals surface area (Å²) in [4.78, 5) is 16.4. The fourth-order valence-corrected chi connectivity index (χ4v) is 3.38. The van der Waals surface area contributed by atoms with Gasteiger partial charge in [0.25, 0.3) is 0 Å². The van der Waals surface area contributed by atoms with E-state index in [4.69, 9.17) is 14.2 Å². The van der Waals surface area contributed by atoms with Crippen molar-refractivity contribution < 1.29 is 19.0 Å². The molecule has 0 saturated heterocycles. The van der Waals surface area contributed by atoms with Crippen LogP contribution in [-0.4, -0.2) is 24.7 Å². The molecule has 0 spiro atoms. The number of nitrogens with zero attached hydrogens (tertiary/aromatic N) is 1. The lowest BCUT2D eigenvalue weighted by Gasteiger charge is -2.12. The SMILES string of the molecule is CCOc1c(Br)cc(/C=C/c2ccc3cccc(OC(=O)CC)c3n2)cc1OC. The van der Waals surface area contributed by atoms with Crippen LogP contribution in [0.4, 0.5) is 0 Å². The molecule has 150 valence electrons. The molecule has 0 aliphatic rings. The summed E-state index contributed by atoms with van der Waals surface area (Å²) in [5.41, 5.74) is 2.34. The Morgan fingerprint density at radius 3 is 2.66 bits per heavy atom. The van der Waals surface area contributed by atoms with Crippen molar-refractivity contribution in [2.45, 2.75) is 20.3 Å². The van der Waals surface area contributed by atoms with Crippen LogP contribution >= 0.6 is 15.9 Å². The van der Waals surface area contributed by atoms with Gasteiger partial charge in [-0.15, -0.1) is 0 Å². The highest BCUT2D eigenvalue weighted by Gasteiger charge is 2.11. The molecule has 1 heterocycles. The van der Waals surface area contributed by atoms with Crippen LogP contribution in [0.5, 0.6) is 17.2 Å². The Kier molecular flexibility index (Phi) is 6.88. The molecule has 3 rings (SSSR count). The first-order valence-corrected chi connectivity index (χ1v) is 10.1. The average molecular weight is 456 g/mol. The van der Waals surface area contributed by atoms with Crippen LogP contribution < -0.4 is 14.2 Å². The molecule has 0 fully saturated rings. The normalized spacial score (nSPS) is 11.0. The highest BCUT2D eigenvalue weighted by atomic mass is 79.9. The summed E-state index contributed by atoms with van der Waals surface area (Å²) in [6, 6.07) is 13.3. The van der Waals surface area contributed by atoms with Gasteiger partial charge in [0.05, 0.1) is 23.9 Å². The largest absolute Gasteiger partial charge is 0.493 e. The van der Waals surface area contributed by atoms with Gasteiger partial charge in [-0.3, -0.25) is 4.79 Å². The van der Waals surface area contributed by atoms with E-state index in [2.05, 4.69) is 20.9 Å². The smallest absolute Gasteiger partial charge is 0.310 e. The molecular weight excluding hydrogens is 434 g/mol. The summed E-state index contributed by atoms with van der Waals surface area (Å²) in [6.45, 7) is 4.24. The van der Waals surface area contributed by atoms with Crippen LogP contribution in [0, 0.1) is 0 Å². The van der Waals surface area contributed by atoms with Gasteiger partial charge in [-0.2, -0.15) is 0 Å². The molecule has 0 amide bonds. The lowest BCUT2D eigenvalue weighted by Crippen LogP contribution is -2.06. The highest BCUT2D eigenvalue weighted by Crippen LogP contribution is 2.37. The molecule has 3 aromatic rings. The van der Waals surface area contributed by atoms with E-state index in [0.29, 0.717) is 35.8 Å². The number of rotatable bonds is 7. The molecule has 6 heteroatoms. The Morgan fingerprint density at radius 1 is 1.10 bits per heavy atom. The quantitative estimate of drug-likeness (QED) is 0.328. The van der Waals surface area contributed by atoms with Crippen LogP contribution in [0.3, 0.4) is 0 Å². The second kappa shape index (κ2) is 9.56. The fraction of sp³-hybridized carbons (Fsp3) is 0.217. The number of carbonyl (C=O) groups is 1. The van der Waals surface area contributed by atoms with E-state index in [0.717, 1.165) is 21.1 Å². The maximum absolute atomic E-state index is 11.7. The van der Waals surface area contributed by atoms with E-state index in [1.165, 1.54) is 0 Å². The van der Waals surface area contributed by atoms with Crippen LogP contribution in [0.15, 0.2) is 46.9 Å². The van der Waals surface area contributed by atoms with E-state index in [1.54, 1.807) is 20.1 Å². The summed E-state index contributed by atoms with van der Waals surface area (Å²) in [6.07, 6.45) is 4.15. The maximum atomic E-state index is 11.7. The zero-order valence-corrected chi connectivity index (χ0v) is 18.2. The van der Waals surface area contributed by atoms with Crippen molar-refractivity contribution in [2.75, 3.05) is 13.7 Å². The fourth-order valence-electron chi connectivity index (χ4n) is 2.81. The molecule has 0 bridgehead atoms. The van der Waals surface area contributed by atoms with Gasteiger partial charge in [0.15, 0.2) is 17.2 Å². The molecule has 0 aliphatic carbocycles. The third kappa shape index (κ3) is 4.95. The molecule has 5 nitrogen and oxygen atoms in total. The van der Waals surface area contributed by atoms with Crippen molar-refractivity contribution in [3.63, 3.8) is 0 Å². The first-order chi connectivity index (χ1) is 14.0. The maximum Gasteiger partial charge on any atom is 0.310 e. The number of hydrogen-bond acceptors (Lipinski definition) is 5. The van der Waals surface area contributed by atoms with Gasteiger partial charge < -0.3 is 14.2 Å². The summed E-state index contributed by atoms with van der Waals surface area (Å²) in [7, 11) is 1.61. The van der Waals surface area contributed by atoms with E-state index in [-0.39, 0.29) is 5.97 Å². The van der Waals surface area contributed by atoms with Gasteiger partial charge in [-0.1, -0.05) is 31.2 Å². The summed E-state index contributed by atoms with van der Waals surface area (Å²) in [5.74, 6) is 1.51. The Labute approximate surface area is 178 Å². The van der Waals surface area contributed by atoms with Crippen LogP contribution in [0.2, 0.25) is 0 Å². The van der Waals surface area contributed by atoms with Crippen molar-refractivity contribution in [2.24, 2.45) is 0 Å². The average Bonchev–Trinajstić information content (AvgIpc) is 2.74. The van der Waals surface area contributed by atoms with E-state index in [1.807, 2.05) is 55.5 Å². The molecule has 29 heavy (non-hydrogen) atoms. The number of para-hydroxylation sites is 1. The van der Waals surface area contributed by atoms with Gasteiger partial charge >= 0.3 is 5.97 Å². The molecule has 0 unspecified atom stereocenters. The molecule has 0 N–H and O–H groups in total. The van der Waals surface area contributed by atoms with Crippen LogP contribution in [-0.2, 0) is 4.79 Å². The van der Waals surface area contributed by atoms with Crippen molar-refractivity contribution in [1.29, 1.82) is 0 Å². The van der Waals surface area contributed by atoms with Gasteiger partial charge in [0, 0.05) is 11.8 Å².